The van der Waals surface area contributed by atoms with Gasteiger partial charge in [-0.3, -0.25) is 19.0 Å². The molecule has 1 amide bonds. The monoisotopic (exact) mass is 632 g/mol. The zero-order valence-corrected chi connectivity index (χ0v) is 25.3. The third kappa shape index (κ3) is 6.92. The summed E-state index contributed by atoms with van der Waals surface area (Å²) in [6.07, 6.45) is 2.88. The van der Waals surface area contributed by atoms with Crippen molar-refractivity contribution < 1.29 is 27.9 Å². The third-order valence-corrected chi connectivity index (χ3v) is 9.06. The summed E-state index contributed by atoms with van der Waals surface area (Å²) in [4.78, 5) is 52.2. The molecule has 2 heterocycles. The van der Waals surface area contributed by atoms with E-state index in [0.29, 0.717) is 26.3 Å². The number of amides is 1. The Morgan fingerprint density at radius 3 is 2.38 bits per heavy atom. The van der Waals surface area contributed by atoms with E-state index in [1.54, 1.807) is 24.3 Å². The maximum Gasteiger partial charge on any atom is 0.332 e. The number of thiophene rings is 1. The number of sulfonamides is 1. The number of fused-ring (bicyclic) bond motifs is 1. The predicted molar refractivity (Wildman–Crippen MR) is 162 cm³/mol. The van der Waals surface area contributed by atoms with E-state index in [9.17, 15) is 32.7 Å². The van der Waals surface area contributed by atoms with Gasteiger partial charge in [-0.2, -0.15) is 0 Å². The maximum atomic E-state index is 13.7. The first-order valence-electron chi connectivity index (χ1n) is 12.4. The van der Waals surface area contributed by atoms with Crippen molar-refractivity contribution in [1.82, 2.24) is 19.2 Å². The molecule has 0 aliphatic heterocycles. The van der Waals surface area contributed by atoms with Gasteiger partial charge < -0.3 is 15.2 Å². The lowest BCUT2D eigenvalue weighted by molar-refractivity contribution is -0.137. The van der Waals surface area contributed by atoms with Crippen LogP contribution in [0.5, 0.6) is 5.75 Å². The average molecular weight is 633 g/mol. The quantitative estimate of drug-likeness (QED) is 0.198. The number of carbonyl (C=O) groups excluding carboxylic acids is 1. The highest BCUT2D eigenvalue weighted by Crippen LogP contribution is 2.38. The molecular formula is C27H28N4O8S3. The lowest BCUT2D eigenvalue weighted by Crippen LogP contribution is -2.41. The summed E-state index contributed by atoms with van der Waals surface area (Å²) >= 11 is 2.61. The molecule has 2 aromatic heterocycles. The molecule has 42 heavy (non-hydrogen) atoms. The molecule has 4 rings (SSSR count). The highest BCUT2D eigenvalue weighted by atomic mass is 32.2. The Morgan fingerprint density at radius 1 is 1.07 bits per heavy atom. The van der Waals surface area contributed by atoms with E-state index in [4.69, 9.17) is 4.74 Å². The van der Waals surface area contributed by atoms with Gasteiger partial charge in [0.2, 0.25) is 10.0 Å². The van der Waals surface area contributed by atoms with Crippen molar-refractivity contribution in [3.8, 4) is 16.2 Å². The van der Waals surface area contributed by atoms with Crippen molar-refractivity contribution in [2.75, 3.05) is 26.2 Å². The summed E-state index contributed by atoms with van der Waals surface area (Å²) in [5.74, 6) is -1.27. The highest BCUT2D eigenvalue weighted by Gasteiger charge is 2.25. The van der Waals surface area contributed by atoms with Crippen molar-refractivity contribution in [3.05, 3.63) is 80.5 Å². The fourth-order valence-corrected chi connectivity index (χ4v) is 6.59. The van der Waals surface area contributed by atoms with E-state index in [0.717, 1.165) is 28.1 Å². The molecule has 0 unspecified atom stereocenters. The molecule has 222 valence electrons. The lowest BCUT2D eigenvalue weighted by atomic mass is 10.1. The van der Waals surface area contributed by atoms with Crippen LogP contribution in [-0.4, -0.2) is 60.7 Å². The van der Waals surface area contributed by atoms with Gasteiger partial charge in [0.15, 0.2) is 6.61 Å². The Morgan fingerprint density at radius 2 is 1.76 bits per heavy atom. The number of likely N-dealkylation sites (N-methyl/N-ethyl adjacent to an activating group) is 1. The fourth-order valence-electron chi connectivity index (χ4n) is 4.26. The summed E-state index contributed by atoms with van der Waals surface area (Å²) in [6.45, 7) is -1.27. The molecule has 0 aliphatic carbocycles. The van der Waals surface area contributed by atoms with Gasteiger partial charge in [-0.05, 0) is 47.7 Å². The van der Waals surface area contributed by atoms with Crippen LogP contribution in [0.25, 0.3) is 20.7 Å². The van der Waals surface area contributed by atoms with E-state index in [-0.39, 0.29) is 35.8 Å². The number of carboxylic acid groups (broad SMARTS) is 1. The standard InChI is InChI=1S/C27H28N4O8S3/c1-28-21(32)15-39-18-10-8-16(9-11-18)24-19(12-29-42(3,37)38)23-25(35)30(14-22(33)34)27(36)31(26(23)41-24)13-17-6-4-5-7-20(17)40-2/h4-11,29H,12-15H2,1-3H3,(H,28,32)(H,33,34). The van der Waals surface area contributed by atoms with E-state index in [1.807, 2.05) is 30.5 Å². The van der Waals surface area contributed by atoms with Crippen molar-refractivity contribution in [1.29, 1.82) is 0 Å². The molecule has 0 bridgehead atoms. The minimum atomic E-state index is -3.69. The largest absolute Gasteiger partial charge is 0.484 e. The highest BCUT2D eigenvalue weighted by molar-refractivity contribution is 7.98. The first-order chi connectivity index (χ1) is 19.9. The van der Waals surface area contributed by atoms with E-state index in [1.165, 1.54) is 23.4 Å². The van der Waals surface area contributed by atoms with Gasteiger partial charge in [-0.25, -0.2) is 22.5 Å². The van der Waals surface area contributed by atoms with Gasteiger partial charge >= 0.3 is 11.7 Å². The van der Waals surface area contributed by atoms with Crippen LogP contribution in [-0.2, 0) is 39.2 Å². The van der Waals surface area contributed by atoms with Crippen LogP contribution >= 0.6 is 23.1 Å². The molecule has 2 aromatic carbocycles. The molecule has 0 radical (unpaired) electrons. The molecule has 0 atom stereocenters. The molecule has 0 fully saturated rings. The summed E-state index contributed by atoms with van der Waals surface area (Å²) in [7, 11) is -2.20. The molecule has 3 N–H and O–H groups in total. The first kappa shape index (κ1) is 31.0. The van der Waals surface area contributed by atoms with Crippen LogP contribution in [0.1, 0.15) is 11.1 Å². The summed E-state index contributed by atoms with van der Waals surface area (Å²) < 4.78 is 34.0. The second-order valence-electron chi connectivity index (χ2n) is 9.14. The van der Waals surface area contributed by atoms with E-state index in [2.05, 4.69) is 10.0 Å². The second kappa shape index (κ2) is 12.9. The molecule has 0 saturated heterocycles. The Kier molecular flexibility index (Phi) is 9.56. The average Bonchev–Trinajstić information content (AvgIpc) is 3.34. The Bertz CT molecular complexity index is 1880. The van der Waals surface area contributed by atoms with Crippen LogP contribution in [0.2, 0.25) is 0 Å². The van der Waals surface area contributed by atoms with Crippen LogP contribution in [0, 0.1) is 0 Å². The SMILES string of the molecule is CNC(=O)COc1ccc(-c2sc3c(c2CNS(C)(=O)=O)c(=O)n(CC(=O)O)c(=O)n3Cc2ccccc2SC)cc1. The smallest absolute Gasteiger partial charge is 0.332 e. The molecule has 4 aromatic rings. The van der Waals surface area contributed by atoms with Gasteiger partial charge in [0.1, 0.15) is 17.1 Å². The normalized spacial score (nSPS) is 11.5. The number of rotatable bonds is 12. The van der Waals surface area contributed by atoms with Crippen LogP contribution in [0.15, 0.2) is 63.0 Å². The van der Waals surface area contributed by atoms with Crippen molar-refractivity contribution in [3.63, 3.8) is 0 Å². The molecule has 0 saturated carbocycles. The molecular weight excluding hydrogens is 605 g/mol. The van der Waals surface area contributed by atoms with Gasteiger partial charge in [0, 0.05) is 28.9 Å². The van der Waals surface area contributed by atoms with Crippen molar-refractivity contribution in [2.24, 2.45) is 0 Å². The summed E-state index contributed by atoms with van der Waals surface area (Å²) in [6, 6.07) is 14.0. The topological polar surface area (TPSA) is 166 Å². The third-order valence-electron chi connectivity index (χ3n) is 6.25. The number of hydrogen-bond donors (Lipinski definition) is 3. The Hall–Kier alpha value is -3.92. The second-order valence-corrected chi connectivity index (χ2v) is 12.8. The van der Waals surface area contributed by atoms with Crippen molar-refractivity contribution in [2.45, 2.75) is 24.5 Å². The molecule has 0 aliphatic rings. The number of benzene rings is 2. The summed E-state index contributed by atoms with van der Waals surface area (Å²) in [5.41, 5.74) is 0.0681. The van der Waals surface area contributed by atoms with Crippen LogP contribution in [0.3, 0.4) is 0 Å². The zero-order chi connectivity index (χ0) is 30.6. The number of ether oxygens (including phenoxy) is 1. The van der Waals surface area contributed by atoms with E-state index >= 15 is 0 Å². The molecule has 12 nitrogen and oxygen atoms in total. The molecule has 0 spiro atoms. The van der Waals surface area contributed by atoms with Crippen molar-refractivity contribution >= 4 is 55.2 Å². The number of carbonyl (C=O) groups is 2. The minimum absolute atomic E-state index is 0.0496. The lowest BCUT2D eigenvalue weighted by Gasteiger charge is -2.13. The fraction of sp³-hybridized carbons (Fsp3) is 0.259. The van der Waals surface area contributed by atoms with Gasteiger partial charge in [-0.1, -0.05) is 18.2 Å². The zero-order valence-electron chi connectivity index (χ0n) is 22.9. The number of thioether (sulfide) groups is 1. The van der Waals surface area contributed by atoms with Gasteiger partial charge in [-0.15, -0.1) is 23.1 Å². The number of nitrogens with one attached hydrogen (secondary N) is 2. The predicted octanol–water partition coefficient (Wildman–Crippen LogP) is 1.92. The Labute approximate surface area is 249 Å². The first-order valence-corrected chi connectivity index (χ1v) is 16.4. The number of aliphatic carboxylic acids is 1. The number of carboxylic acids is 1. The van der Waals surface area contributed by atoms with E-state index < -0.39 is 33.8 Å². The van der Waals surface area contributed by atoms with Crippen LogP contribution < -0.4 is 26.0 Å². The summed E-state index contributed by atoms with van der Waals surface area (Å²) in [5, 5.41) is 12.0. The molecule has 15 heteroatoms. The number of nitrogens with zero attached hydrogens (tertiary/aromatic N) is 2. The Balaban J connectivity index is 1.97. The van der Waals surface area contributed by atoms with Gasteiger partial charge in [0.05, 0.1) is 18.2 Å². The number of aromatic nitrogens is 2. The van der Waals surface area contributed by atoms with Crippen LogP contribution in [0.4, 0.5) is 0 Å². The maximum absolute atomic E-state index is 13.7. The van der Waals surface area contributed by atoms with Gasteiger partial charge in [0.25, 0.3) is 11.5 Å². The minimum Gasteiger partial charge on any atom is -0.484 e. The number of hydrogen-bond acceptors (Lipinski definition) is 9.